The number of ether oxygens (including phenoxy) is 2. The lowest BCUT2D eigenvalue weighted by Crippen LogP contribution is -2.50. The fourth-order valence-corrected chi connectivity index (χ4v) is 3.16. The van der Waals surface area contributed by atoms with E-state index in [-0.39, 0.29) is 11.8 Å². The maximum Gasteiger partial charge on any atom is 0.254 e. The number of piperazine rings is 1. The molecule has 0 N–H and O–H groups in total. The van der Waals surface area contributed by atoms with E-state index < -0.39 is 5.82 Å². The lowest BCUT2D eigenvalue weighted by molar-refractivity contribution is -0.127. The Labute approximate surface area is 169 Å². The summed E-state index contributed by atoms with van der Waals surface area (Å²) in [5.41, 5.74) is 1.08. The highest BCUT2D eigenvalue weighted by Crippen LogP contribution is 2.25. The number of carbonyl (C=O) groups excluding carboxylic acids is 2. The van der Waals surface area contributed by atoms with Crippen molar-refractivity contribution in [3.8, 4) is 11.5 Å². The Bertz CT molecular complexity index is 921. The number of methoxy groups -OCH3 is 2. The van der Waals surface area contributed by atoms with Crippen molar-refractivity contribution < 1.29 is 23.5 Å². The molecular weight excluding hydrogens is 375 g/mol. The lowest BCUT2D eigenvalue weighted by Gasteiger charge is -2.34. The Hall–Kier alpha value is -3.35. The van der Waals surface area contributed by atoms with Gasteiger partial charge in [-0.05, 0) is 36.4 Å². The van der Waals surface area contributed by atoms with Gasteiger partial charge in [-0.15, -0.1) is 0 Å². The Morgan fingerprint density at radius 1 is 0.966 bits per heavy atom. The third-order valence-corrected chi connectivity index (χ3v) is 4.80. The zero-order valence-electron chi connectivity index (χ0n) is 16.4. The molecule has 3 rings (SSSR count). The third kappa shape index (κ3) is 4.93. The highest BCUT2D eigenvalue weighted by molar-refractivity contribution is 5.95. The second-order valence-electron chi connectivity index (χ2n) is 6.57. The molecule has 2 amide bonds. The molecular formula is C22H23FN2O4. The number of benzene rings is 2. The summed E-state index contributed by atoms with van der Waals surface area (Å²) in [5.74, 6) is 0.475. The molecule has 2 aromatic rings. The average molecular weight is 398 g/mol. The van der Waals surface area contributed by atoms with Crippen LogP contribution in [0.1, 0.15) is 15.9 Å². The first-order chi connectivity index (χ1) is 14.0. The first-order valence-corrected chi connectivity index (χ1v) is 9.25. The van der Waals surface area contributed by atoms with E-state index >= 15 is 0 Å². The maximum atomic E-state index is 13.3. The van der Waals surface area contributed by atoms with Crippen LogP contribution in [0.25, 0.3) is 6.08 Å². The van der Waals surface area contributed by atoms with Crippen LogP contribution in [-0.2, 0) is 4.79 Å². The Kier molecular flexibility index (Phi) is 6.49. The van der Waals surface area contributed by atoms with Crippen molar-refractivity contribution >= 4 is 17.9 Å². The van der Waals surface area contributed by atoms with Gasteiger partial charge >= 0.3 is 0 Å². The minimum absolute atomic E-state index is 0.138. The quantitative estimate of drug-likeness (QED) is 0.727. The zero-order valence-corrected chi connectivity index (χ0v) is 16.4. The van der Waals surface area contributed by atoms with Gasteiger partial charge in [-0.25, -0.2) is 4.39 Å². The highest BCUT2D eigenvalue weighted by atomic mass is 19.1. The van der Waals surface area contributed by atoms with E-state index in [0.717, 1.165) is 5.56 Å². The number of carbonyl (C=O) groups is 2. The molecule has 1 heterocycles. The number of amides is 2. The van der Waals surface area contributed by atoms with Crippen molar-refractivity contribution in [2.75, 3.05) is 40.4 Å². The molecule has 152 valence electrons. The molecule has 6 nitrogen and oxygen atoms in total. The van der Waals surface area contributed by atoms with Crippen molar-refractivity contribution in [3.05, 3.63) is 65.5 Å². The fraction of sp³-hybridized carbons (Fsp3) is 0.273. The molecule has 0 atom stereocenters. The molecule has 1 fully saturated rings. The number of nitrogens with zero attached hydrogens (tertiary/aromatic N) is 2. The Balaban J connectivity index is 1.59. The van der Waals surface area contributed by atoms with Crippen LogP contribution in [0.3, 0.4) is 0 Å². The summed E-state index contributed by atoms with van der Waals surface area (Å²) in [4.78, 5) is 28.3. The summed E-state index contributed by atoms with van der Waals surface area (Å²) in [5, 5.41) is 0. The van der Waals surface area contributed by atoms with E-state index in [0.29, 0.717) is 43.2 Å². The molecule has 0 radical (unpaired) electrons. The lowest BCUT2D eigenvalue weighted by atomic mass is 10.1. The van der Waals surface area contributed by atoms with Gasteiger partial charge in [0.15, 0.2) is 0 Å². The van der Waals surface area contributed by atoms with Crippen molar-refractivity contribution in [2.24, 2.45) is 0 Å². The van der Waals surface area contributed by atoms with Crippen LogP contribution in [-0.4, -0.2) is 62.0 Å². The predicted octanol–water partition coefficient (Wildman–Crippen LogP) is 2.84. The Morgan fingerprint density at radius 3 is 2.34 bits per heavy atom. The highest BCUT2D eigenvalue weighted by Gasteiger charge is 2.24. The molecule has 1 saturated heterocycles. The molecule has 0 saturated carbocycles. The van der Waals surface area contributed by atoms with Crippen molar-refractivity contribution in [1.82, 2.24) is 9.80 Å². The van der Waals surface area contributed by atoms with Crippen LogP contribution in [0, 0.1) is 5.82 Å². The molecule has 0 spiro atoms. The van der Waals surface area contributed by atoms with E-state index in [1.54, 1.807) is 48.3 Å². The predicted molar refractivity (Wildman–Crippen MR) is 107 cm³/mol. The van der Waals surface area contributed by atoms with Crippen molar-refractivity contribution in [1.29, 1.82) is 0 Å². The van der Waals surface area contributed by atoms with Crippen LogP contribution in [0.4, 0.5) is 4.39 Å². The normalized spacial score (nSPS) is 14.2. The monoisotopic (exact) mass is 398 g/mol. The van der Waals surface area contributed by atoms with Crippen LogP contribution in [0.15, 0.2) is 48.5 Å². The number of halogens is 1. The number of hydrogen-bond acceptors (Lipinski definition) is 4. The van der Waals surface area contributed by atoms with Crippen LogP contribution >= 0.6 is 0 Å². The zero-order chi connectivity index (χ0) is 20.8. The van der Waals surface area contributed by atoms with Gasteiger partial charge in [-0.2, -0.15) is 0 Å². The molecule has 1 aliphatic heterocycles. The molecule has 0 unspecified atom stereocenters. The van der Waals surface area contributed by atoms with E-state index in [2.05, 4.69) is 0 Å². The average Bonchev–Trinajstić information content (AvgIpc) is 2.76. The van der Waals surface area contributed by atoms with Crippen molar-refractivity contribution in [2.45, 2.75) is 0 Å². The summed E-state index contributed by atoms with van der Waals surface area (Å²) in [6.45, 7) is 1.65. The van der Waals surface area contributed by atoms with Gasteiger partial charge in [-0.1, -0.05) is 6.07 Å². The van der Waals surface area contributed by atoms with E-state index in [9.17, 15) is 14.0 Å². The van der Waals surface area contributed by atoms with Crippen molar-refractivity contribution in [3.63, 3.8) is 0 Å². The second-order valence-corrected chi connectivity index (χ2v) is 6.57. The standard InChI is InChI=1S/C22H23FN2O4/c1-28-19-8-6-16(20(15-19)29-2)7-9-21(26)24-10-12-25(13-11-24)22(27)17-4-3-5-18(23)14-17/h3-9,14-15H,10-13H2,1-2H3/b9-7+. The summed E-state index contributed by atoms with van der Waals surface area (Å²) < 4.78 is 23.8. The minimum atomic E-state index is -0.441. The molecule has 29 heavy (non-hydrogen) atoms. The van der Waals surface area contributed by atoms with Crippen LogP contribution in [0.5, 0.6) is 11.5 Å². The fourth-order valence-electron chi connectivity index (χ4n) is 3.16. The van der Waals surface area contributed by atoms with E-state index in [1.807, 2.05) is 6.07 Å². The third-order valence-electron chi connectivity index (χ3n) is 4.80. The van der Waals surface area contributed by atoms with Gasteiger partial charge in [0.25, 0.3) is 5.91 Å². The summed E-state index contributed by atoms with van der Waals surface area (Å²) in [7, 11) is 3.13. The topological polar surface area (TPSA) is 59.1 Å². The number of hydrogen-bond donors (Lipinski definition) is 0. The largest absolute Gasteiger partial charge is 0.497 e. The molecule has 0 aromatic heterocycles. The molecule has 1 aliphatic rings. The van der Waals surface area contributed by atoms with Gasteiger partial charge in [0, 0.05) is 49.4 Å². The SMILES string of the molecule is COc1ccc(/C=C/C(=O)N2CCN(C(=O)c3cccc(F)c3)CC2)c(OC)c1. The minimum Gasteiger partial charge on any atom is -0.497 e. The molecule has 2 aromatic carbocycles. The Morgan fingerprint density at radius 2 is 1.69 bits per heavy atom. The van der Waals surface area contributed by atoms with Gasteiger partial charge in [0.05, 0.1) is 14.2 Å². The summed E-state index contributed by atoms with van der Waals surface area (Å²) in [6, 6.07) is 11.0. The van der Waals surface area contributed by atoms with E-state index in [4.69, 9.17) is 9.47 Å². The number of rotatable bonds is 5. The van der Waals surface area contributed by atoms with Crippen LogP contribution in [0.2, 0.25) is 0 Å². The second kappa shape index (κ2) is 9.23. The van der Waals surface area contributed by atoms with Gasteiger partial charge < -0.3 is 19.3 Å². The first kappa shape index (κ1) is 20.4. The summed E-state index contributed by atoms with van der Waals surface area (Å²) >= 11 is 0. The van der Waals surface area contributed by atoms with Gasteiger partial charge in [-0.3, -0.25) is 9.59 Å². The molecule has 7 heteroatoms. The first-order valence-electron chi connectivity index (χ1n) is 9.25. The maximum absolute atomic E-state index is 13.3. The van der Waals surface area contributed by atoms with E-state index in [1.165, 1.54) is 24.3 Å². The summed E-state index contributed by atoms with van der Waals surface area (Å²) in [6.07, 6.45) is 3.19. The van der Waals surface area contributed by atoms with Gasteiger partial charge in [0.1, 0.15) is 17.3 Å². The van der Waals surface area contributed by atoms with Crippen LogP contribution < -0.4 is 9.47 Å². The molecule has 0 bridgehead atoms. The van der Waals surface area contributed by atoms with Gasteiger partial charge in [0.2, 0.25) is 5.91 Å². The molecule has 0 aliphatic carbocycles. The smallest absolute Gasteiger partial charge is 0.254 e.